The third-order valence-corrected chi connectivity index (χ3v) is 6.49. The Hall–Kier alpha value is -3.10. The molecule has 0 aromatic heterocycles. The molecule has 2 fully saturated rings. The number of amides is 2. The number of piperidine rings is 1. The number of anilines is 1. The van der Waals surface area contributed by atoms with Crippen molar-refractivity contribution in [3.63, 3.8) is 0 Å². The Kier molecular flexibility index (Phi) is 8.38. The van der Waals surface area contributed by atoms with Crippen LogP contribution in [-0.4, -0.2) is 82.3 Å². The number of carbonyl (C=O) groups excluding carboxylic acids is 2. The molecule has 2 aromatic rings. The molecular formula is C26H34N4O4. The summed E-state index contributed by atoms with van der Waals surface area (Å²) in [6.07, 6.45) is 1.63. The first-order valence-corrected chi connectivity index (χ1v) is 12.0. The number of rotatable bonds is 8. The average molecular weight is 467 g/mol. The molecule has 8 heteroatoms. The summed E-state index contributed by atoms with van der Waals surface area (Å²) in [7, 11) is 1.57. The number of nitrogens with zero attached hydrogens (tertiary/aromatic N) is 2. The third kappa shape index (κ3) is 6.07. The summed E-state index contributed by atoms with van der Waals surface area (Å²) in [6.45, 7) is 6.32. The van der Waals surface area contributed by atoms with Crippen LogP contribution in [0, 0.1) is 0 Å². The minimum atomic E-state index is -0.115. The van der Waals surface area contributed by atoms with Gasteiger partial charge in [0.05, 0.1) is 31.5 Å². The van der Waals surface area contributed by atoms with Crippen LogP contribution in [0.5, 0.6) is 5.75 Å². The second kappa shape index (κ2) is 11.9. The molecule has 8 nitrogen and oxygen atoms in total. The summed E-state index contributed by atoms with van der Waals surface area (Å²) in [5.74, 6) is 0.414. The van der Waals surface area contributed by atoms with Gasteiger partial charge in [0, 0.05) is 51.0 Å². The summed E-state index contributed by atoms with van der Waals surface area (Å²) in [6, 6.07) is 15.1. The lowest BCUT2D eigenvalue weighted by atomic mass is 10.0. The molecular weight excluding hydrogens is 432 g/mol. The number of ether oxygens (including phenoxy) is 2. The van der Waals surface area contributed by atoms with Gasteiger partial charge in [0.15, 0.2) is 0 Å². The number of nitrogens with one attached hydrogen (secondary N) is 2. The van der Waals surface area contributed by atoms with Crippen molar-refractivity contribution in [2.75, 3.05) is 64.5 Å². The monoisotopic (exact) mass is 466 g/mol. The normalized spacial score (nSPS) is 17.3. The molecule has 0 spiro atoms. The number of morpholine rings is 1. The average Bonchev–Trinajstić information content (AvgIpc) is 2.89. The fraction of sp³-hybridized carbons (Fsp3) is 0.462. The maximum absolute atomic E-state index is 12.9. The van der Waals surface area contributed by atoms with E-state index < -0.39 is 0 Å². The highest BCUT2D eigenvalue weighted by molar-refractivity contribution is 6.00. The van der Waals surface area contributed by atoms with E-state index in [1.165, 1.54) is 0 Å². The van der Waals surface area contributed by atoms with E-state index in [0.717, 1.165) is 64.5 Å². The zero-order valence-corrected chi connectivity index (χ0v) is 19.8. The van der Waals surface area contributed by atoms with E-state index in [4.69, 9.17) is 9.47 Å². The summed E-state index contributed by atoms with van der Waals surface area (Å²) in [4.78, 5) is 30.2. The lowest BCUT2D eigenvalue weighted by molar-refractivity contribution is 0.0383. The Morgan fingerprint density at radius 2 is 1.62 bits per heavy atom. The summed E-state index contributed by atoms with van der Waals surface area (Å²) in [5.41, 5.74) is 2.19. The van der Waals surface area contributed by atoms with E-state index in [0.29, 0.717) is 23.4 Å². The van der Waals surface area contributed by atoms with E-state index >= 15 is 0 Å². The van der Waals surface area contributed by atoms with Gasteiger partial charge in [-0.1, -0.05) is 24.3 Å². The van der Waals surface area contributed by atoms with Gasteiger partial charge in [-0.3, -0.25) is 14.5 Å². The van der Waals surface area contributed by atoms with Crippen LogP contribution < -0.4 is 20.3 Å². The third-order valence-electron chi connectivity index (χ3n) is 6.49. The highest BCUT2D eigenvalue weighted by atomic mass is 16.5. The molecule has 2 amide bonds. The predicted molar refractivity (Wildman–Crippen MR) is 132 cm³/mol. The summed E-state index contributed by atoms with van der Waals surface area (Å²) >= 11 is 0. The molecule has 0 bridgehead atoms. The van der Waals surface area contributed by atoms with Crippen LogP contribution in [0.15, 0.2) is 48.5 Å². The zero-order chi connectivity index (χ0) is 23.8. The topological polar surface area (TPSA) is 83.1 Å². The molecule has 0 saturated carbocycles. The molecule has 34 heavy (non-hydrogen) atoms. The van der Waals surface area contributed by atoms with Crippen molar-refractivity contribution in [1.29, 1.82) is 0 Å². The van der Waals surface area contributed by atoms with E-state index in [9.17, 15) is 9.59 Å². The Morgan fingerprint density at radius 3 is 2.35 bits per heavy atom. The van der Waals surface area contributed by atoms with Crippen LogP contribution in [0.2, 0.25) is 0 Å². The van der Waals surface area contributed by atoms with E-state index in [2.05, 4.69) is 20.4 Å². The number of methoxy groups -OCH3 is 1. The fourth-order valence-electron chi connectivity index (χ4n) is 4.55. The van der Waals surface area contributed by atoms with E-state index in [-0.39, 0.29) is 17.9 Å². The van der Waals surface area contributed by atoms with E-state index in [1.54, 1.807) is 19.2 Å². The molecule has 2 heterocycles. The van der Waals surface area contributed by atoms with Gasteiger partial charge in [-0.25, -0.2) is 0 Å². The van der Waals surface area contributed by atoms with Crippen molar-refractivity contribution in [2.45, 2.75) is 18.9 Å². The highest BCUT2D eigenvalue weighted by Crippen LogP contribution is 2.25. The molecule has 0 atom stereocenters. The Bertz CT molecular complexity index is 969. The largest absolute Gasteiger partial charge is 0.496 e. The first-order valence-electron chi connectivity index (χ1n) is 12.0. The van der Waals surface area contributed by atoms with Crippen LogP contribution in [0.3, 0.4) is 0 Å². The Labute approximate surface area is 201 Å². The molecule has 2 aromatic carbocycles. The Morgan fingerprint density at radius 1 is 0.941 bits per heavy atom. The molecule has 4 rings (SSSR count). The smallest absolute Gasteiger partial charge is 0.255 e. The van der Waals surface area contributed by atoms with Crippen molar-refractivity contribution in [2.24, 2.45) is 0 Å². The van der Waals surface area contributed by atoms with Crippen molar-refractivity contribution in [3.8, 4) is 5.75 Å². The number of hydrogen-bond acceptors (Lipinski definition) is 6. The van der Waals surface area contributed by atoms with Crippen LogP contribution >= 0.6 is 0 Å². The van der Waals surface area contributed by atoms with Gasteiger partial charge in [-0.05, 0) is 37.1 Å². The molecule has 0 radical (unpaired) electrons. The van der Waals surface area contributed by atoms with Crippen molar-refractivity contribution in [3.05, 3.63) is 59.7 Å². The molecule has 2 saturated heterocycles. The molecule has 0 unspecified atom stereocenters. The number of carbonyl (C=O) groups is 2. The maximum atomic E-state index is 12.9. The Balaban J connectivity index is 1.30. The zero-order valence-electron chi connectivity index (χ0n) is 19.8. The van der Waals surface area contributed by atoms with Gasteiger partial charge >= 0.3 is 0 Å². The fourth-order valence-corrected chi connectivity index (χ4v) is 4.55. The molecule has 182 valence electrons. The minimum Gasteiger partial charge on any atom is -0.496 e. The second-order valence-corrected chi connectivity index (χ2v) is 8.66. The van der Waals surface area contributed by atoms with Crippen LogP contribution in [-0.2, 0) is 4.74 Å². The van der Waals surface area contributed by atoms with E-state index in [1.807, 2.05) is 36.4 Å². The highest BCUT2D eigenvalue weighted by Gasteiger charge is 2.25. The van der Waals surface area contributed by atoms with Crippen LogP contribution in [0.25, 0.3) is 0 Å². The van der Waals surface area contributed by atoms with Gasteiger partial charge in [0.1, 0.15) is 5.75 Å². The van der Waals surface area contributed by atoms with Gasteiger partial charge in [-0.2, -0.15) is 0 Å². The number of para-hydroxylation sites is 2. The second-order valence-electron chi connectivity index (χ2n) is 8.66. The van der Waals surface area contributed by atoms with Crippen LogP contribution in [0.1, 0.15) is 33.6 Å². The number of hydrogen-bond donors (Lipinski definition) is 2. The quantitative estimate of drug-likeness (QED) is 0.621. The lowest BCUT2D eigenvalue weighted by Gasteiger charge is -2.35. The SMILES string of the molecule is COc1ccccc1C(=O)NC1CCN(c2ccccc2C(=O)NCCN2CCOCC2)CC1. The van der Waals surface area contributed by atoms with Gasteiger partial charge < -0.3 is 25.0 Å². The predicted octanol–water partition coefficient (Wildman–Crippen LogP) is 2.16. The first-order chi connectivity index (χ1) is 16.7. The van der Waals surface area contributed by atoms with Gasteiger partial charge in [0.2, 0.25) is 0 Å². The number of benzene rings is 2. The standard InChI is InChI=1S/C26H34N4O4/c1-33-24-9-5-3-7-22(24)26(32)28-20-10-13-30(14-11-20)23-8-4-2-6-21(23)25(31)27-12-15-29-16-18-34-19-17-29/h2-9,20H,10-19H2,1H3,(H,27,31)(H,28,32). The first kappa shape index (κ1) is 24.0. The summed E-state index contributed by atoms with van der Waals surface area (Å²) in [5, 5.41) is 6.21. The van der Waals surface area contributed by atoms with Crippen LogP contribution in [0.4, 0.5) is 5.69 Å². The van der Waals surface area contributed by atoms with Gasteiger partial charge in [-0.15, -0.1) is 0 Å². The van der Waals surface area contributed by atoms with Crippen molar-refractivity contribution < 1.29 is 19.1 Å². The molecule has 2 aliphatic heterocycles. The minimum absolute atomic E-state index is 0.0459. The van der Waals surface area contributed by atoms with Crippen molar-refractivity contribution >= 4 is 17.5 Å². The lowest BCUT2D eigenvalue weighted by Crippen LogP contribution is -2.45. The molecule has 2 aliphatic rings. The van der Waals surface area contributed by atoms with Gasteiger partial charge in [0.25, 0.3) is 11.8 Å². The maximum Gasteiger partial charge on any atom is 0.255 e. The van der Waals surface area contributed by atoms with Crippen molar-refractivity contribution in [1.82, 2.24) is 15.5 Å². The molecule has 2 N–H and O–H groups in total. The molecule has 0 aliphatic carbocycles. The summed E-state index contributed by atoms with van der Waals surface area (Å²) < 4.78 is 10.7.